The third-order valence-corrected chi connectivity index (χ3v) is 4.58. The Bertz CT molecular complexity index is 567. The first-order valence-electron chi connectivity index (χ1n) is 6.36. The third kappa shape index (κ3) is 3.42. The molecule has 1 aliphatic rings. The average Bonchev–Trinajstić information content (AvgIpc) is 2.75. The Hall–Kier alpha value is -1.03. The van der Waals surface area contributed by atoms with E-state index in [-0.39, 0.29) is 4.90 Å². The SMILES string of the molecule is COC1O[C@H](CO)[C@H](O)C1OS(=O)(=O)c1ccc(C)cc1. The Morgan fingerprint density at radius 3 is 2.43 bits per heavy atom. The second-order valence-electron chi connectivity index (χ2n) is 4.78. The van der Waals surface area contributed by atoms with E-state index in [1.54, 1.807) is 12.1 Å². The highest BCUT2D eigenvalue weighted by molar-refractivity contribution is 7.86. The Kier molecular flexibility index (Phi) is 4.97. The number of rotatable bonds is 5. The maximum Gasteiger partial charge on any atom is 0.297 e. The van der Waals surface area contributed by atoms with Crippen LogP contribution in [0, 0.1) is 6.92 Å². The number of hydrogen-bond acceptors (Lipinski definition) is 7. The highest BCUT2D eigenvalue weighted by Gasteiger charge is 2.47. The van der Waals surface area contributed by atoms with Gasteiger partial charge in [-0.2, -0.15) is 8.42 Å². The number of aliphatic hydroxyl groups excluding tert-OH is 2. The Morgan fingerprint density at radius 2 is 1.90 bits per heavy atom. The third-order valence-electron chi connectivity index (χ3n) is 3.25. The van der Waals surface area contributed by atoms with Crippen LogP contribution in [-0.4, -0.2) is 56.9 Å². The summed E-state index contributed by atoms with van der Waals surface area (Å²) in [5.41, 5.74) is 0.910. The van der Waals surface area contributed by atoms with Crippen LogP contribution >= 0.6 is 0 Å². The van der Waals surface area contributed by atoms with E-state index in [1.165, 1.54) is 19.2 Å². The van der Waals surface area contributed by atoms with Crippen LogP contribution in [-0.2, 0) is 23.8 Å². The number of ether oxygens (including phenoxy) is 2. The topological polar surface area (TPSA) is 102 Å². The van der Waals surface area contributed by atoms with Gasteiger partial charge in [0.2, 0.25) is 0 Å². The fraction of sp³-hybridized carbons (Fsp3) is 0.538. The summed E-state index contributed by atoms with van der Waals surface area (Å²) in [7, 11) is -2.77. The zero-order valence-corrected chi connectivity index (χ0v) is 12.5. The Morgan fingerprint density at radius 1 is 1.29 bits per heavy atom. The van der Waals surface area contributed by atoms with Gasteiger partial charge in [0.1, 0.15) is 12.2 Å². The van der Waals surface area contributed by atoms with Gasteiger partial charge in [0.25, 0.3) is 10.1 Å². The summed E-state index contributed by atoms with van der Waals surface area (Å²) >= 11 is 0. The lowest BCUT2D eigenvalue weighted by molar-refractivity contribution is -0.148. The predicted molar refractivity (Wildman–Crippen MR) is 72.0 cm³/mol. The number of hydrogen-bond donors (Lipinski definition) is 2. The van der Waals surface area contributed by atoms with Crippen LogP contribution in [0.2, 0.25) is 0 Å². The summed E-state index contributed by atoms with van der Waals surface area (Å²) in [6.45, 7) is 1.37. The van der Waals surface area contributed by atoms with Crippen LogP contribution in [0.5, 0.6) is 0 Å². The smallest absolute Gasteiger partial charge is 0.297 e. The van der Waals surface area contributed by atoms with Crippen molar-refractivity contribution in [3.63, 3.8) is 0 Å². The lowest BCUT2D eigenvalue weighted by Crippen LogP contribution is -2.38. The van der Waals surface area contributed by atoms with E-state index < -0.39 is 41.3 Å². The van der Waals surface area contributed by atoms with Gasteiger partial charge in [-0.05, 0) is 19.1 Å². The van der Waals surface area contributed by atoms with Crippen molar-refractivity contribution in [2.24, 2.45) is 0 Å². The van der Waals surface area contributed by atoms with Gasteiger partial charge in [-0.15, -0.1) is 0 Å². The van der Waals surface area contributed by atoms with E-state index in [0.717, 1.165) is 5.56 Å². The summed E-state index contributed by atoms with van der Waals surface area (Å²) in [5, 5.41) is 19.0. The molecule has 8 heteroatoms. The number of aliphatic hydroxyl groups is 2. The van der Waals surface area contributed by atoms with Crippen LogP contribution in [0.3, 0.4) is 0 Å². The van der Waals surface area contributed by atoms with E-state index in [4.69, 9.17) is 18.8 Å². The van der Waals surface area contributed by atoms with E-state index in [0.29, 0.717) is 0 Å². The van der Waals surface area contributed by atoms with Crippen molar-refractivity contribution in [3.8, 4) is 0 Å². The first-order chi connectivity index (χ1) is 9.89. The number of aryl methyl sites for hydroxylation is 1. The molecule has 2 unspecified atom stereocenters. The molecule has 7 nitrogen and oxygen atoms in total. The van der Waals surface area contributed by atoms with Crippen molar-refractivity contribution < 1.29 is 32.3 Å². The lowest BCUT2D eigenvalue weighted by Gasteiger charge is -2.19. The summed E-state index contributed by atoms with van der Waals surface area (Å²) in [6, 6.07) is 6.11. The van der Waals surface area contributed by atoms with Gasteiger partial charge in [-0.25, -0.2) is 0 Å². The standard InChI is InChI=1S/C13H18O7S/c1-8-3-5-9(6-4-8)21(16,17)20-12-11(15)10(7-14)19-13(12)18-2/h3-6,10-15H,7H2,1-2H3/t10-,11+,12?,13?/m1/s1. The van der Waals surface area contributed by atoms with Crippen molar-refractivity contribution in [1.82, 2.24) is 0 Å². The normalized spacial score (nSPS) is 29.7. The van der Waals surface area contributed by atoms with Crippen molar-refractivity contribution in [3.05, 3.63) is 29.8 Å². The molecule has 0 spiro atoms. The number of methoxy groups -OCH3 is 1. The van der Waals surface area contributed by atoms with Gasteiger partial charge >= 0.3 is 0 Å². The predicted octanol–water partition coefficient (Wildman–Crippen LogP) is -0.207. The summed E-state index contributed by atoms with van der Waals surface area (Å²) < 4.78 is 39.5. The highest BCUT2D eigenvalue weighted by Crippen LogP contribution is 2.27. The molecule has 2 rings (SSSR count). The van der Waals surface area contributed by atoms with E-state index in [9.17, 15) is 13.5 Å². The zero-order chi connectivity index (χ0) is 15.6. The molecule has 0 amide bonds. The minimum Gasteiger partial charge on any atom is -0.394 e. The molecular formula is C13H18O7S. The molecule has 1 aromatic rings. The first kappa shape index (κ1) is 16.3. The highest BCUT2D eigenvalue weighted by atomic mass is 32.2. The van der Waals surface area contributed by atoms with Crippen molar-refractivity contribution >= 4 is 10.1 Å². The molecule has 2 N–H and O–H groups in total. The second-order valence-corrected chi connectivity index (χ2v) is 6.35. The molecule has 118 valence electrons. The Balaban J connectivity index is 2.21. The van der Waals surface area contributed by atoms with Gasteiger partial charge < -0.3 is 19.7 Å². The van der Waals surface area contributed by atoms with E-state index in [2.05, 4.69) is 0 Å². The van der Waals surface area contributed by atoms with E-state index >= 15 is 0 Å². The molecule has 1 fully saturated rings. The maximum atomic E-state index is 12.2. The molecule has 0 aliphatic carbocycles. The molecule has 1 heterocycles. The fourth-order valence-electron chi connectivity index (χ4n) is 2.05. The van der Waals surface area contributed by atoms with Crippen molar-refractivity contribution in [2.45, 2.75) is 36.4 Å². The lowest BCUT2D eigenvalue weighted by atomic mass is 10.1. The number of benzene rings is 1. The van der Waals surface area contributed by atoms with Crippen molar-refractivity contribution in [2.75, 3.05) is 13.7 Å². The molecule has 0 radical (unpaired) electrons. The average molecular weight is 318 g/mol. The van der Waals surface area contributed by atoms with Gasteiger partial charge in [0.15, 0.2) is 12.4 Å². The molecule has 0 aromatic heterocycles. The fourth-order valence-corrected chi connectivity index (χ4v) is 3.13. The van der Waals surface area contributed by atoms with Crippen molar-refractivity contribution in [1.29, 1.82) is 0 Å². The van der Waals surface area contributed by atoms with Gasteiger partial charge in [-0.1, -0.05) is 17.7 Å². The molecule has 1 saturated heterocycles. The second kappa shape index (κ2) is 6.39. The summed E-state index contributed by atoms with van der Waals surface area (Å²) in [5.74, 6) is 0. The van der Waals surface area contributed by atoms with Crippen LogP contribution in [0.15, 0.2) is 29.2 Å². The Labute approximate surface area is 123 Å². The molecule has 4 atom stereocenters. The van der Waals surface area contributed by atoms with Gasteiger partial charge in [0.05, 0.1) is 11.5 Å². The molecule has 0 saturated carbocycles. The summed E-state index contributed by atoms with van der Waals surface area (Å²) in [4.78, 5) is -0.0254. The molecule has 1 aliphatic heterocycles. The molecule has 21 heavy (non-hydrogen) atoms. The largest absolute Gasteiger partial charge is 0.394 e. The monoisotopic (exact) mass is 318 g/mol. The quantitative estimate of drug-likeness (QED) is 0.724. The maximum absolute atomic E-state index is 12.2. The zero-order valence-electron chi connectivity index (χ0n) is 11.7. The van der Waals surface area contributed by atoms with Gasteiger partial charge in [-0.3, -0.25) is 4.18 Å². The summed E-state index contributed by atoms with van der Waals surface area (Å²) in [6.07, 6.45) is -4.57. The first-order valence-corrected chi connectivity index (χ1v) is 7.77. The minimum atomic E-state index is -4.07. The van der Waals surface area contributed by atoms with E-state index in [1.807, 2.05) is 6.92 Å². The minimum absolute atomic E-state index is 0.0254. The van der Waals surface area contributed by atoms with Crippen LogP contribution in [0.1, 0.15) is 5.56 Å². The van der Waals surface area contributed by atoms with Crippen LogP contribution < -0.4 is 0 Å². The van der Waals surface area contributed by atoms with Gasteiger partial charge in [0, 0.05) is 7.11 Å². The molecular weight excluding hydrogens is 300 g/mol. The van der Waals surface area contributed by atoms with Crippen LogP contribution in [0.4, 0.5) is 0 Å². The van der Waals surface area contributed by atoms with Crippen LogP contribution in [0.25, 0.3) is 0 Å². The molecule has 1 aromatic carbocycles. The molecule has 0 bridgehead atoms.